The monoisotopic (exact) mass is 504 g/mol. The van der Waals surface area contributed by atoms with E-state index in [-0.39, 0.29) is 16.0 Å². The Balaban J connectivity index is 1.77. The molecule has 3 aromatic rings. The van der Waals surface area contributed by atoms with Crippen molar-refractivity contribution >= 4 is 80.4 Å². The minimum atomic E-state index is -0.463. The Hall–Kier alpha value is -3.12. The van der Waals surface area contributed by atoms with Crippen molar-refractivity contribution in [3.05, 3.63) is 75.7 Å². The van der Waals surface area contributed by atoms with E-state index in [4.69, 9.17) is 46.2 Å². The molecular formula is C20H17ClN6O2S3. The molecule has 32 heavy (non-hydrogen) atoms. The first kappa shape index (κ1) is 23.5. The molecule has 2 aromatic heterocycles. The summed E-state index contributed by atoms with van der Waals surface area (Å²) in [5.74, 6) is -0.314. The van der Waals surface area contributed by atoms with E-state index in [1.54, 1.807) is 24.3 Å². The molecule has 0 spiro atoms. The Labute approximate surface area is 203 Å². The normalized spacial score (nSPS) is 11.4. The summed E-state index contributed by atoms with van der Waals surface area (Å²) >= 11 is 17.3. The lowest BCUT2D eigenvalue weighted by Crippen LogP contribution is -2.33. The third-order valence-electron chi connectivity index (χ3n) is 3.81. The number of carbonyl (C=O) groups is 1. The molecule has 5 N–H and O–H groups in total. The van der Waals surface area contributed by atoms with Crippen LogP contribution in [0.1, 0.15) is 26.7 Å². The zero-order valence-electron chi connectivity index (χ0n) is 16.6. The van der Waals surface area contributed by atoms with Crippen LogP contribution in [0.15, 0.2) is 58.3 Å². The summed E-state index contributed by atoms with van der Waals surface area (Å²) in [6, 6.07) is 10.5. The number of benzene rings is 1. The number of aromatic nitrogens is 1. The molecule has 1 amide bonds. The zero-order valence-corrected chi connectivity index (χ0v) is 19.8. The molecule has 0 aliphatic heterocycles. The largest absolute Gasteiger partial charge is 0.459 e. The number of hydrogen-bond acceptors (Lipinski definition) is 7. The van der Waals surface area contributed by atoms with Crippen molar-refractivity contribution in [1.82, 2.24) is 15.7 Å². The molecule has 3 rings (SSSR count). The van der Waals surface area contributed by atoms with E-state index in [1.165, 1.54) is 23.7 Å². The number of nitrogens with zero attached hydrogens (tertiary/aromatic N) is 2. The second kappa shape index (κ2) is 11.0. The van der Waals surface area contributed by atoms with Crippen LogP contribution in [0.4, 0.5) is 5.13 Å². The van der Waals surface area contributed by atoms with Gasteiger partial charge in [0, 0.05) is 5.02 Å². The van der Waals surface area contributed by atoms with Gasteiger partial charge in [-0.25, -0.2) is 4.98 Å². The Morgan fingerprint density at radius 1 is 1.28 bits per heavy atom. The van der Waals surface area contributed by atoms with Crippen molar-refractivity contribution in [2.75, 3.05) is 5.32 Å². The summed E-state index contributed by atoms with van der Waals surface area (Å²) in [5, 5.41) is 11.0. The number of furan rings is 1. The molecule has 2 heterocycles. The van der Waals surface area contributed by atoms with Crippen LogP contribution in [0.5, 0.6) is 0 Å². The van der Waals surface area contributed by atoms with Gasteiger partial charge < -0.3 is 15.5 Å². The zero-order chi connectivity index (χ0) is 23.1. The van der Waals surface area contributed by atoms with Crippen LogP contribution in [-0.2, 0) is 0 Å². The summed E-state index contributed by atoms with van der Waals surface area (Å²) in [6.45, 7) is 1.83. The standard InChI is InChI=1S/C20H17ClN6O2S3/c1-11-16(14(26-27-18(22)30)9-6-12-4-7-13(21)8-5-12)32-20(23-11)25-19(31)24-17(28)15-3-2-10-29-15/h2-10H,1H3,(H3,22,27,30)(H2,23,24,25,28,31). The van der Waals surface area contributed by atoms with E-state index in [2.05, 4.69) is 26.1 Å². The molecule has 1 aromatic carbocycles. The lowest BCUT2D eigenvalue weighted by molar-refractivity contribution is 0.0950. The topological polar surface area (TPSA) is 118 Å². The quantitative estimate of drug-likeness (QED) is 0.225. The fourth-order valence-corrected chi connectivity index (χ4v) is 3.78. The number of amides is 1. The Morgan fingerprint density at radius 2 is 2.03 bits per heavy atom. The van der Waals surface area contributed by atoms with Crippen LogP contribution >= 0.6 is 47.4 Å². The van der Waals surface area contributed by atoms with Crippen molar-refractivity contribution in [1.29, 1.82) is 0 Å². The summed E-state index contributed by atoms with van der Waals surface area (Å²) in [4.78, 5) is 17.3. The average Bonchev–Trinajstić information content (AvgIpc) is 3.39. The fourth-order valence-electron chi connectivity index (χ4n) is 2.42. The van der Waals surface area contributed by atoms with Crippen molar-refractivity contribution in [2.24, 2.45) is 10.8 Å². The number of hydrazone groups is 1. The molecule has 8 nitrogen and oxygen atoms in total. The number of thiocarbonyl (C=S) groups is 2. The van der Waals surface area contributed by atoms with Crippen molar-refractivity contribution in [3.8, 4) is 0 Å². The van der Waals surface area contributed by atoms with Crippen LogP contribution in [0.2, 0.25) is 5.02 Å². The van der Waals surface area contributed by atoms with Crippen LogP contribution in [-0.4, -0.2) is 26.8 Å². The Morgan fingerprint density at radius 3 is 2.69 bits per heavy atom. The number of thiazole rings is 1. The number of rotatable bonds is 6. The van der Waals surface area contributed by atoms with Gasteiger partial charge in [-0.15, -0.1) is 0 Å². The molecule has 0 bridgehead atoms. The van der Waals surface area contributed by atoms with Crippen LogP contribution < -0.4 is 21.8 Å². The number of nitrogens with one attached hydrogen (secondary N) is 3. The second-order valence-electron chi connectivity index (χ2n) is 6.18. The van der Waals surface area contributed by atoms with Crippen molar-refractivity contribution < 1.29 is 9.21 Å². The maximum Gasteiger partial charge on any atom is 0.293 e. The maximum absolute atomic E-state index is 12.1. The van der Waals surface area contributed by atoms with Gasteiger partial charge in [0.25, 0.3) is 5.91 Å². The third-order valence-corrected chi connectivity index (χ3v) is 5.45. The van der Waals surface area contributed by atoms with E-state index in [0.717, 1.165) is 10.4 Å². The molecule has 0 radical (unpaired) electrons. The minimum absolute atomic E-state index is 0.0322. The maximum atomic E-state index is 12.1. The number of hydrogen-bond donors (Lipinski definition) is 4. The smallest absolute Gasteiger partial charge is 0.293 e. The number of halogens is 1. The predicted octanol–water partition coefficient (Wildman–Crippen LogP) is 4.08. The van der Waals surface area contributed by atoms with E-state index in [1.807, 2.05) is 25.1 Å². The van der Waals surface area contributed by atoms with Crippen LogP contribution in [0, 0.1) is 6.92 Å². The third kappa shape index (κ3) is 6.69. The van der Waals surface area contributed by atoms with Crippen LogP contribution in [0.3, 0.4) is 0 Å². The molecule has 0 aliphatic rings. The molecule has 0 fully saturated rings. The first-order chi connectivity index (χ1) is 15.3. The molecule has 12 heteroatoms. The molecule has 0 aliphatic carbocycles. The highest BCUT2D eigenvalue weighted by molar-refractivity contribution is 7.80. The van der Waals surface area contributed by atoms with Gasteiger partial charge in [0.05, 0.1) is 16.8 Å². The number of aryl methyl sites for hydroxylation is 1. The van der Waals surface area contributed by atoms with Crippen molar-refractivity contribution in [2.45, 2.75) is 6.92 Å². The predicted molar refractivity (Wildman–Crippen MR) is 136 cm³/mol. The molecule has 0 saturated heterocycles. The number of anilines is 1. The number of nitrogens with two attached hydrogens (primary N) is 1. The number of carbonyl (C=O) groups excluding carboxylic acids is 1. The van der Waals surface area contributed by atoms with Crippen LogP contribution in [0.25, 0.3) is 6.08 Å². The van der Waals surface area contributed by atoms with Crippen molar-refractivity contribution in [3.63, 3.8) is 0 Å². The van der Waals surface area contributed by atoms with Gasteiger partial charge in [0.2, 0.25) is 0 Å². The average molecular weight is 505 g/mol. The summed E-state index contributed by atoms with van der Waals surface area (Å²) in [6.07, 6.45) is 5.08. The van der Waals surface area contributed by atoms with Gasteiger partial charge in [0.15, 0.2) is 21.1 Å². The molecule has 0 saturated carbocycles. The summed E-state index contributed by atoms with van der Waals surface area (Å²) in [5.41, 5.74) is 10.3. The van der Waals surface area contributed by atoms with Gasteiger partial charge in [0.1, 0.15) is 5.71 Å². The van der Waals surface area contributed by atoms with E-state index >= 15 is 0 Å². The summed E-state index contributed by atoms with van der Waals surface area (Å²) in [7, 11) is 0. The summed E-state index contributed by atoms with van der Waals surface area (Å²) < 4.78 is 5.05. The van der Waals surface area contributed by atoms with Gasteiger partial charge >= 0.3 is 0 Å². The molecule has 0 unspecified atom stereocenters. The van der Waals surface area contributed by atoms with Gasteiger partial charge in [-0.05, 0) is 67.3 Å². The Bertz CT molecular complexity index is 1190. The minimum Gasteiger partial charge on any atom is -0.459 e. The second-order valence-corrected chi connectivity index (χ2v) is 8.46. The first-order valence-corrected chi connectivity index (χ1v) is 11.0. The lowest BCUT2D eigenvalue weighted by atomic mass is 10.1. The Kier molecular flexibility index (Phi) is 8.06. The van der Waals surface area contributed by atoms with Gasteiger partial charge in [-0.1, -0.05) is 41.1 Å². The highest BCUT2D eigenvalue weighted by Crippen LogP contribution is 2.24. The number of allylic oxidation sites excluding steroid dienone is 1. The van der Waals surface area contributed by atoms with E-state index < -0.39 is 5.91 Å². The van der Waals surface area contributed by atoms with Gasteiger partial charge in [-0.2, -0.15) is 5.10 Å². The highest BCUT2D eigenvalue weighted by Gasteiger charge is 2.15. The van der Waals surface area contributed by atoms with E-state index in [9.17, 15) is 4.79 Å². The lowest BCUT2D eigenvalue weighted by Gasteiger charge is -2.05. The van der Waals surface area contributed by atoms with Gasteiger partial charge in [-0.3, -0.25) is 15.5 Å². The SMILES string of the molecule is Cc1nc(NC(=S)NC(=O)c2ccco2)sc1C(C=Cc1ccc(Cl)cc1)=NNC(N)=S. The molecule has 0 atom stereocenters. The molecular weight excluding hydrogens is 488 g/mol. The highest BCUT2D eigenvalue weighted by atomic mass is 35.5. The molecule has 164 valence electrons. The fraction of sp³-hybridized carbons (Fsp3) is 0.0500. The first-order valence-electron chi connectivity index (χ1n) is 9.02. The van der Waals surface area contributed by atoms with E-state index in [0.29, 0.717) is 21.6 Å².